The summed E-state index contributed by atoms with van der Waals surface area (Å²) in [6, 6.07) is 0. The summed E-state index contributed by atoms with van der Waals surface area (Å²) in [4.78, 5) is 11.0. The molecule has 0 aromatic carbocycles. The molecule has 0 saturated carbocycles. The lowest BCUT2D eigenvalue weighted by molar-refractivity contribution is -0.121. The molecule has 0 bridgehead atoms. The Hall–Kier alpha value is -1.38. The number of allylic oxidation sites excluding steroid dienone is 3. The van der Waals surface area contributed by atoms with Crippen molar-refractivity contribution in [3.05, 3.63) is 24.3 Å². The van der Waals surface area contributed by atoms with Crippen LogP contribution in [0.1, 0.15) is 0 Å². The molecule has 1 atom stereocenters. The molecule has 0 fully saturated rings. The van der Waals surface area contributed by atoms with Crippen LogP contribution in [0.15, 0.2) is 24.3 Å². The van der Waals surface area contributed by atoms with Crippen LogP contribution < -0.4 is 5.32 Å². The van der Waals surface area contributed by atoms with E-state index in [9.17, 15) is 4.79 Å². The van der Waals surface area contributed by atoms with E-state index in [0.29, 0.717) is 5.71 Å². The molecule has 3 heteroatoms. The topological polar surface area (TPSA) is 53.0 Å². The van der Waals surface area contributed by atoms with Gasteiger partial charge in [-0.05, 0) is 6.08 Å². The summed E-state index contributed by atoms with van der Waals surface area (Å²) in [6.45, 7) is 0. The fraction of sp³-hybridized carbons (Fsp3) is 0.250. The van der Waals surface area contributed by atoms with Crippen LogP contribution in [0.5, 0.6) is 0 Å². The maximum atomic E-state index is 11.0. The van der Waals surface area contributed by atoms with Gasteiger partial charge in [-0.15, -0.1) is 0 Å². The monoisotopic (exact) mass is 150 g/mol. The summed E-state index contributed by atoms with van der Waals surface area (Å²) < 4.78 is 0. The van der Waals surface area contributed by atoms with Crippen LogP contribution >= 0.6 is 0 Å². The second-order valence-electron chi connectivity index (χ2n) is 2.29. The average Bonchev–Trinajstić information content (AvgIpc) is 2.04. The van der Waals surface area contributed by atoms with Gasteiger partial charge in [-0.2, -0.15) is 0 Å². The van der Waals surface area contributed by atoms with E-state index in [1.54, 1.807) is 31.4 Å². The second kappa shape index (κ2) is 3.14. The standard InChI is InChI=1S/C8H10N2O/c1-10-8(11)6-4-2-3-5-7(6)9/h2-6,9H,1H3,(H,10,11). The highest BCUT2D eigenvalue weighted by atomic mass is 16.1. The lowest BCUT2D eigenvalue weighted by Crippen LogP contribution is -2.31. The number of nitrogens with one attached hydrogen (secondary N) is 2. The van der Waals surface area contributed by atoms with Gasteiger partial charge in [-0.3, -0.25) is 4.79 Å². The van der Waals surface area contributed by atoms with Gasteiger partial charge in [0.05, 0.1) is 5.92 Å². The van der Waals surface area contributed by atoms with E-state index in [4.69, 9.17) is 5.41 Å². The summed E-state index contributed by atoms with van der Waals surface area (Å²) in [6.07, 6.45) is 6.86. The van der Waals surface area contributed by atoms with Crippen molar-refractivity contribution >= 4 is 11.6 Å². The number of hydrogen-bond acceptors (Lipinski definition) is 2. The Morgan fingerprint density at radius 3 is 2.91 bits per heavy atom. The zero-order valence-electron chi connectivity index (χ0n) is 6.29. The smallest absolute Gasteiger partial charge is 0.232 e. The van der Waals surface area contributed by atoms with E-state index in [2.05, 4.69) is 5.32 Å². The predicted octanol–water partition coefficient (Wildman–Crippen LogP) is 0.494. The molecule has 2 N–H and O–H groups in total. The Balaban J connectivity index is 2.73. The first-order valence-electron chi connectivity index (χ1n) is 3.40. The normalized spacial score (nSPS) is 21.9. The average molecular weight is 150 g/mol. The molecule has 3 nitrogen and oxygen atoms in total. The van der Waals surface area contributed by atoms with Crippen LogP contribution in [0.2, 0.25) is 0 Å². The van der Waals surface area contributed by atoms with E-state index in [0.717, 1.165) is 0 Å². The molecular weight excluding hydrogens is 140 g/mol. The highest BCUT2D eigenvalue weighted by molar-refractivity contribution is 6.10. The third-order valence-corrected chi connectivity index (χ3v) is 1.55. The van der Waals surface area contributed by atoms with Gasteiger partial charge in [0, 0.05) is 12.8 Å². The maximum Gasteiger partial charge on any atom is 0.232 e. The van der Waals surface area contributed by atoms with Gasteiger partial charge in [0.25, 0.3) is 0 Å². The minimum atomic E-state index is -0.398. The van der Waals surface area contributed by atoms with Gasteiger partial charge in [0.2, 0.25) is 5.91 Å². The summed E-state index contributed by atoms with van der Waals surface area (Å²) in [7, 11) is 1.57. The molecule has 1 unspecified atom stereocenters. The third-order valence-electron chi connectivity index (χ3n) is 1.55. The maximum absolute atomic E-state index is 11.0. The predicted molar refractivity (Wildman–Crippen MR) is 43.6 cm³/mol. The van der Waals surface area contributed by atoms with E-state index in [1.807, 2.05) is 0 Å². The van der Waals surface area contributed by atoms with Crippen LogP contribution in [-0.2, 0) is 4.79 Å². The van der Waals surface area contributed by atoms with Gasteiger partial charge < -0.3 is 10.7 Å². The van der Waals surface area contributed by atoms with Crippen molar-refractivity contribution in [3.63, 3.8) is 0 Å². The molecule has 0 spiro atoms. The Morgan fingerprint density at radius 1 is 1.64 bits per heavy atom. The van der Waals surface area contributed by atoms with Gasteiger partial charge in [0.1, 0.15) is 0 Å². The Bertz CT molecular complexity index is 240. The molecule has 58 valence electrons. The van der Waals surface area contributed by atoms with Crippen molar-refractivity contribution in [3.8, 4) is 0 Å². The quantitative estimate of drug-likeness (QED) is 0.561. The minimum absolute atomic E-state index is 0.129. The van der Waals surface area contributed by atoms with Crippen LogP contribution in [0.4, 0.5) is 0 Å². The highest BCUT2D eigenvalue weighted by Crippen LogP contribution is 2.07. The Morgan fingerprint density at radius 2 is 2.36 bits per heavy atom. The fourth-order valence-electron chi connectivity index (χ4n) is 0.926. The molecule has 0 radical (unpaired) electrons. The summed E-state index contributed by atoms with van der Waals surface area (Å²) in [5, 5.41) is 9.88. The number of carbonyl (C=O) groups is 1. The molecule has 0 aromatic heterocycles. The van der Waals surface area contributed by atoms with Gasteiger partial charge in [-0.25, -0.2) is 0 Å². The molecule has 1 rings (SSSR count). The molecule has 1 aliphatic carbocycles. The summed E-state index contributed by atoms with van der Waals surface area (Å²) in [5.74, 6) is -0.527. The van der Waals surface area contributed by atoms with Crippen molar-refractivity contribution in [1.82, 2.24) is 5.32 Å². The van der Waals surface area contributed by atoms with Crippen molar-refractivity contribution < 1.29 is 4.79 Å². The van der Waals surface area contributed by atoms with Crippen molar-refractivity contribution in [2.75, 3.05) is 7.05 Å². The number of carbonyl (C=O) groups excluding carboxylic acids is 1. The lowest BCUT2D eigenvalue weighted by Gasteiger charge is -2.11. The van der Waals surface area contributed by atoms with Crippen LogP contribution in [0.3, 0.4) is 0 Å². The van der Waals surface area contributed by atoms with Crippen molar-refractivity contribution in [2.24, 2.45) is 5.92 Å². The van der Waals surface area contributed by atoms with Gasteiger partial charge in [-0.1, -0.05) is 18.2 Å². The fourth-order valence-corrected chi connectivity index (χ4v) is 0.926. The molecule has 0 saturated heterocycles. The van der Waals surface area contributed by atoms with E-state index >= 15 is 0 Å². The van der Waals surface area contributed by atoms with Gasteiger partial charge >= 0.3 is 0 Å². The minimum Gasteiger partial charge on any atom is -0.358 e. The van der Waals surface area contributed by atoms with E-state index < -0.39 is 5.92 Å². The molecule has 0 aliphatic heterocycles. The molecule has 0 heterocycles. The summed E-state index contributed by atoms with van der Waals surface area (Å²) >= 11 is 0. The largest absolute Gasteiger partial charge is 0.358 e. The zero-order chi connectivity index (χ0) is 8.27. The molecule has 1 amide bonds. The van der Waals surface area contributed by atoms with Crippen molar-refractivity contribution in [1.29, 1.82) is 5.41 Å². The Labute approximate surface area is 65.3 Å². The van der Waals surface area contributed by atoms with E-state index in [-0.39, 0.29) is 5.91 Å². The first-order chi connectivity index (χ1) is 5.25. The van der Waals surface area contributed by atoms with Crippen molar-refractivity contribution in [2.45, 2.75) is 0 Å². The third kappa shape index (κ3) is 1.55. The summed E-state index contributed by atoms with van der Waals surface area (Å²) in [5.41, 5.74) is 0.340. The zero-order valence-corrected chi connectivity index (χ0v) is 6.29. The molecule has 1 aliphatic rings. The van der Waals surface area contributed by atoms with Gasteiger partial charge in [0.15, 0.2) is 0 Å². The molecular formula is C8H10N2O. The SMILES string of the molecule is CNC(=O)C1C=CC=CC1=N. The first-order valence-corrected chi connectivity index (χ1v) is 3.40. The van der Waals surface area contributed by atoms with Crippen LogP contribution in [-0.4, -0.2) is 18.7 Å². The molecule has 11 heavy (non-hydrogen) atoms. The van der Waals surface area contributed by atoms with Crippen LogP contribution in [0, 0.1) is 11.3 Å². The lowest BCUT2D eigenvalue weighted by atomic mass is 9.98. The number of hydrogen-bond donors (Lipinski definition) is 2. The molecule has 0 aromatic rings. The highest BCUT2D eigenvalue weighted by Gasteiger charge is 2.18. The van der Waals surface area contributed by atoms with E-state index in [1.165, 1.54) is 0 Å². The Kier molecular flexibility index (Phi) is 2.21. The second-order valence-corrected chi connectivity index (χ2v) is 2.29. The number of rotatable bonds is 1. The first kappa shape index (κ1) is 7.72. The van der Waals surface area contributed by atoms with Crippen LogP contribution in [0.25, 0.3) is 0 Å². The number of amides is 1.